The Morgan fingerprint density at radius 3 is 2.25 bits per heavy atom. The molecule has 0 aliphatic heterocycles. The van der Waals surface area contributed by atoms with E-state index in [0.717, 1.165) is 4.09 Å². The molecule has 44 valence electrons. The minimum Gasteiger partial charge on any atom is -0.231 e. The van der Waals surface area contributed by atoms with Crippen molar-refractivity contribution in [1.82, 2.24) is 9.07 Å². The molecule has 0 N–H and O–H groups in total. The van der Waals surface area contributed by atoms with Crippen molar-refractivity contribution in [2.45, 2.75) is 0 Å². The van der Waals surface area contributed by atoms with Gasteiger partial charge in [-0.05, 0) is 11.6 Å². The number of imidazole rings is 1. The lowest BCUT2D eigenvalue weighted by atomic mass is 11.0. The number of nitrogens with zero attached hydrogens (tertiary/aromatic N) is 2. The number of halogens is 3. The first-order valence-electron chi connectivity index (χ1n) is 1.76. The Hall–Kier alpha value is 0.0800. The molecule has 0 unspecified atom stereocenters. The predicted octanol–water partition coefficient (Wildman–Crippen LogP) is 2.19. The zero-order chi connectivity index (χ0) is 6.15. The Bertz CT molecular complexity index is 175. The Balaban J connectivity index is 3.14. The van der Waals surface area contributed by atoms with Crippen LogP contribution in [-0.4, -0.2) is 9.07 Å². The Labute approximate surface area is 61.1 Å². The van der Waals surface area contributed by atoms with Gasteiger partial charge in [0.2, 0.25) is 5.28 Å². The topological polar surface area (TPSA) is 17.8 Å². The van der Waals surface area contributed by atoms with E-state index in [1.54, 1.807) is 0 Å². The Kier molecular flexibility index (Phi) is 1.65. The minimum atomic E-state index is 0.177. The van der Waals surface area contributed by atoms with Gasteiger partial charge in [0.1, 0.15) is 5.15 Å². The third-order valence-electron chi connectivity index (χ3n) is 0.595. The standard InChI is InChI=1S/C3HCl3N2/c4-2-1-8(6)3(5)7-2/h1H. The van der Waals surface area contributed by atoms with Gasteiger partial charge in [-0.2, -0.15) is 0 Å². The molecule has 2 nitrogen and oxygen atoms in total. The molecule has 1 rings (SSSR count). The number of hydrogen-bond donors (Lipinski definition) is 0. The normalized spacial score (nSPS) is 9.88. The number of aromatic nitrogens is 2. The molecule has 1 aromatic rings. The summed E-state index contributed by atoms with van der Waals surface area (Å²) in [6.45, 7) is 0. The SMILES string of the molecule is Clc1cn(Cl)c(Cl)n1. The lowest BCUT2D eigenvalue weighted by Gasteiger charge is -1.79. The van der Waals surface area contributed by atoms with Crippen LogP contribution in [0.4, 0.5) is 0 Å². The van der Waals surface area contributed by atoms with Gasteiger partial charge in [0.25, 0.3) is 0 Å². The largest absolute Gasteiger partial charge is 0.231 e. The van der Waals surface area contributed by atoms with E-state index in [4.69, 9.17) is 35.0 Å². The van der Waals surface area contributed by atoms with Crippen molar-refractivity contribution in [3.05, 3.63) is 16.6 Å². The third kappa shape index (κ3) is 1.08. The molecule has 0 amide bonds. The van der Waals surface area contributed by atoms with Gasteiger partial charge in [-0.15, -0.1) is 0 Å². The summed E-state index contributed by atoms with van der Waals surface area (Å²) in [7, 11) is 0. The van der Waals surface area contributed by atoms with Crippen molar-refractivity contribution in [2.24, 2.45) is 0 Å². The van der Waals surface area contributed by atoms with Crippen LogP contribution in [0.25, 0.3) is 0 Å². The fourth-order valence-corrected chi connectivity index (χ4v) is 0.853. The van der Waals surface area contributed by atoms with Crippen molar-refractivity contribution in [3.8, 4) is 0 Å². The maximum absolute atomic E-state index is 5.37. The van der Waals surface area contributed by atoms with E-state index >= 15 is 0 Å². The van der Waals surface area contributed by atoms with E-state index in [1.807, 2.05) is 0 Å². The van der Waals surface area contributed by atoms with Crippen LogP contribution in [0.5, 0.6) is 0 Å². The molecule has 0 radical (unpaired) electrons. The molecule has 0 atom stereocenters. The summed E-state index contributed by atoms with van der Waals surface area (Å²) < 4.78 is 1.11. The van der Waals surface area contributed by atoms with Gasteiger partial charge < -0.3 is 0 Å². The van der Waals surface area contributed by atoms with Crippen molar-refractivity contribution in [3.63, 3.8) is 0 Å². The molecular formula is C3HCl3N2. The molecule has 8 heavy (non-hydrogen) atoms. The Morgan fingerprint density at radius 2 is 2.12 bits per heavy atom. The second-order valence-electron chi connectivity index (χ2n) is 1.14. The van der Waals surface area contributed by atoms with E-state index in [9.17, 15) is 0 Å². The van der Waals surface area contributed by atoms with Crippen LogP contribution in [0.2, 0.25) is 10.4 Å². The van der Waals surface area contributed by atoms with Crippen molar-refractivity contribution < 1.29 is 0 Å². The highest BCUT2D eigenvalue weighted by Gasteiger charge is 1.98. The third-order valence-corrected chi connectivity index (χ3v) is 1.39. The van der Waals surface area contributed by atoms with Crippen molar-refractivity contribution in [1.29, 1.82) is 0 Å². The second kappa shape index (κ2) is 2.13. The van der Waals surface area contributed by atoms with Gasteiger partial charge in [-0.25, -0.2) is 9.07 Å². The summed E-state index contributed by atoms with van der Waals surface area (Å²) >= 11 is 16.1. The Morgan fingerprint density at radius 1 is 1.50 bits per heavy atom. The summed E-state index contributed by atoms with van der Waals surface area (Å²) in [6, 6.07) is 0. The van der Waals surface area contributed by atoms with E-state index < -0.39 is 0 Å². The first kappa shape index (κ1) is 6.20. The van der Waals surface area contributed by atoms with E-state index in [2.05, 4.69) is 4.98 Å². The van der Waals surface area contributed by atoms with Crippen molar-refractivity contribution >= 4 is 35.0 Å². The molecule has 0 aromatic carbocycles. The first-order chi connectivity index (χ1) is 3.70. The molecule has 0 bridgehead atoms. The summed E-state index contributed by atoms with van der Waals surface area (Å²) in [4.78, 5) is 3.57. The van der Waals surface area contributed by atoms with Gasteiger partial charge >= 0.3 is 0 Å². The summed E-state index contributed by atoms with van der Waals surface area (Å²) in [5, 5.41) is 0.474. The average molecular weight is 171 g/mol. The highest BCUT2D eigenvalue weighted by molar-refractivity contribution is 6.35. The molecule has 0 saturated heterocycles. The summed E-state index contributed by atoms with van der Waals surface area (Å²) in [5.41, 5.74) is 0. The molecule has 0 saturated carbocycles. The van der Waals surface area contributed by atoms with Gasteiger partial charge in [0.15, 0.2) is 0 Å². The van der Waals surface area contributed by atoms with Crippen LogP contribution in [0.3, 0.4) is 0 Å². The van der Waals surface area contributed by atoms with Gasteiger partial charge in [0.05, 0.1) is 6.20 Å². The second-order valence-corrected chi connectivity index (χ2v) is 2.23. The van der Waals surface area contributed by atoms with Crippen LogP contribution >= 0.6 is 35.0 Å². The predicted molar refractivity (Wildman–Crippen MR) is 33.5 cm³/mol. The fourth-order valence-electron chi connectivity index (χ4n) is 0.312. The number of rotatable bonds is 0. The maximum atomic E-state index is 5.37. The zero-order valence-electron chi connectivity index (χ0n) is 3.61. The molecule has 5 heteroatoms. The van der Waals surface area contributed by atoms with E-state index in [1.165, 1.54) is 6.20 Å². The molecule has 0 fully saturated rings. The van der Waals surface area contributed by atoms with E-state index in [-0.39, 0.29) is 5.28 Å². The zero-order valence-corrected chi connectivity index (χ0v) is 5.87. The molecule has 0 aliphatic rings. The lowest BCUT2D eigenvalue weighted by Crippen LogP contribution is -1.72. The molecular weight excluding hydrogens is 170 g/mol. The van der Waals surface area contributed by atoms with Crippen LogP contribution < -0.4 is 0 Å². The van der Waals surface area contributed by atoms with Crippen molar-refractivity contribution in [2.75, 3.05) is 0 Å². The maximum Gasteiger partial charge on any atom is 0.219 e. The fraction of sp³-hybridized carbons (Fsp3) is 0. The van der Waals surface area contributed by atoms with Crippen LogP contribution in [0.1, 0.15) is 0 Å². The monoisotopic (exact) mass is 170 g/mol. The van der Waals surface area contributed by atoms with Gasteiger partial charge in [0, 0.05) is 11.8 Å². The minimum absolute atomic E-state index is 0.177. The smallest absolute Gasteiger partial charge is 0.219 e. The molecule has 1 heterocycles. The van der Waals surface area contributed by atoms with Gasteiger partial charge in [-0.1, -0.05) is 11.6 Å². The number of hydrogen-bond acceptors (Lipinski definition) is 1. The van der Waals surface area contributed by atoms with Crippen LogP contribution in [-0.2, 0) is 0 Å². The summed E-state index contributed by atoms with van der Waals surface area (Å²) in [5.74, 6) is 0. The molecule has 1 aromatic heterocycles. The molecule has 0 spiro atoms. The van der Waals surface area contributed by atoms with E-state index in [0.29, 0.717) is 5.15 Å². The first-order valence-corrected chi connectivity index (χ1v) is 2.86. The average Bonchev–Trinajstić information content (AvgIpc) is 1.85. The van der Waals surface area contributed by atoms with Crippen LogP contribution in [0.15, 0.2) is 6.20 Å². The van der Waals surface area contributed by atoms with Gasteiger partial charge in [-0.3, -0.25) is 0 Å². The molecule has 0 aliphatic carbocycles. The highest BCUT2D eigenvalue weighted by Crippen LogP contribution is 2.13. The quantitative estimate of drug-likeness (QED) is 0.585. The summed E-state index contributed by atoms with van der Waals surface area (Å²) in [6.07, 6.45) is 1.41. The highest BCUT2D eigenvalue weighted by atomic mass is 35.5. The lowest BCUT2D eigenvalue weighted by molar-refractivity contribution is 1.21. The van der Waals surface area contributed by atoms with Crippen LogP contribution in [0, 0.1) is 0 Å².